The minimum Gasteiger partial charge on any atom is -0.396 e. The van der Waals surface area contributed by atoms with Gasteiger partial charge in [0.05, 0.1) is 7.05 Å². The molecule has 0 aliphatic rings. The summed E-state index contributed by atoms with van der Waals surface area (Å²) < 4.78 is 3.07. The maximum Gasteiger partial charge on any atom is 0.437 e. The molecule has 0 unspecified atom stereocenters. The van der Waals surface area contributed by atoms with Gasteiger partial charge in [0.2, 0.25) is 5.52 Å². The number of rotatable bonds is 4. The van der Waals surface area contributed by atoms with E-state index in [2.05, 4.69) is 4.98 Å². The van der Waals surface area contributed by atoms with Gasteiger partial charge >= 0.3 is 11.6 Å². The van der Waals surface area contributed by atoms with Crippen LogP contribution in [0.5, 0.6) is 0 Å². The van der Waals surface area contributed by atoms with E-state index >= 15 is 0 Å². The first-order valence-electron chi connectivity index (χ1n) is 5.81. The lowest BCUT2D eigenvalue weighted by Crippen LogP contribution is -2.39. The van der Waals surface area contributed by atoms with Gasteiger partial charge in [0.1, 0.15) is 0 Å². The molecular formula is C10H13N5O5. The third-order valence-electron chi connectivity index (χ3n) is 3.04. The average Bonchev–Trinajstić information content (AvgIpc) is 2.74. The Kier molecular flexibility index (Phi) is 3.40. The molecule has 0 amide bonds. The summed E-state index contributed by atoms with van der Waals surface area (Å²) in [6.07, 6.45) is 0.237. The first-order chi connectivity index (χ1) is 9.40. The van der Waals surface area contributed by atoms with Crippen molar-refractivity contribution < 1.29 is 10.0 Å². The van der Waals surface area contributed by atoms with Gasteiger partial charge in [0, 0.05) is 20.2 Å². The zero-order valence-electron chi connectivity index (χ0n) is 10.9. The molecule has 0 aliphatic carbocycles. The van der Waals surface area contributed by atoms with Gasteiger partial charge in [-0.25, -0.2) is 9.36 Å². The highest BCUT2D eigenvalue weighted by Crippen LogP contribution is 2.14. The van der Waals surface area contributed by atoms with E-state index in [-0.39, 0.29) is 30.7 Å². The van der Waals surface area contributed by atoms with E-state index in [4.69, 9.17) is 5.11 Å². The summed E-state index contributed by atoms with van der Waals surface area (Å²) in [6.45, 7) is -0.129. The molecule has 108 valence electrons. The van der Waals surface area contributed by atoms with Gasteiger partial charge in [0.15, 0.2) is 0 Å². The van der Waals surface area contributed by atoms with Gasteiger partial charge in [-0.15, -0.1) is 0 Å². The molecule has 0 fully saturated rings. The third kappa shape index (κ3) is 1.90. The smallest absolute Gasteiger partial charge is 0.396 e. The van der Waals surface area contributed by atoms with E-state index in [0.717, 1.165) is 13.7 Å². The summed E-state index contributed by atoms with van der Waals surface area (Å²) in [5.41, 5.74) is -1.32. The minimum absolute atomic E-state index is 0.0169. The lowest BCUT2D eigenvalue weighted by molar-refractivity contribution is -0.396. The molecule has 0 saturated heterocycles. The van der Waals surface area contributed by atoms with Crippen LogP contribution in [-0.4, -0.2) is 35.3 Å². The van der Waals surface area contributed by atoms with Crippen LogP contribution in [0.15, 0.2) is 9.59 Å². The van der Waals surface area contributed by atoms with Crippen molar-refractivity contribution in [3.05, 3.63) is 31.0 Å². The molecular weight excluding hydrogens is 270 g/mol. The highest BCUT2D eigenvalue weighted by atomic mass is 16.6. The molecule has 0 atom stereocenters. The second kappa shape index (κ2) is 4.89. The third-order valence-corrected chi connectivity index (χ3v) is 3.04. The molecule has 0 aliphatic heterocycles. The molecule has 0 saturated carbocycles. The average molecular weight is 283 g/mol. The molecule has 0 radical (unpaired) electrons. The van der Waals surface area contributed by atoms with Gasteiger partial charge in [-0.3, -0.25) is 13.9 Å². The zero-order chi connectivity index (χ0) is 15.0. The monoisotopic (exact) mass is 283 g/mol. The van der Waals surface area contributed by atoms with Gasteiger partial charge in [-0.2, -0.15) is 0 Å². The van der Waals surface area contributed by atoms with Crippen LogP contribution in [-0.2, 0) is 20.6 Å². The van der Waals surface area contributed by atoms with Crippen LogP contribution in [0.1, 0.15) is 6.42 Å². The van der Waals surface area contributed by atoms with Crippen LogP contribution >= 0.6 is 0 Å². The van der Waals surface area contributed by atoms with Crippen molar-refractivity contribution in [1.29, 1.82) is 0 Å². The Hall–Kier alpha value is -2.49. The number of aliphatic hydroxyl groups excluding tert-OH is 1. The number of aryl methyl sites for hydroxylation is 2. The number of fused-ring (bicyclic) bond motifs is 1. The number of aromatic nitrogens is 4. The normalized spacial score (nSPS) is 11.2. The number of imidazole rings is 1. The van der Waals surface area contributed by atoms with Gasteiger partial charge < -0.3 is 15.2 Å². The van der Waals surface area contributed by atoms with Crippen molar-refractivity contribution in [2.24, 2.45) is 14.1 Å². The van der Waals surface area contributed by atoms with Crippen molar-refractivity contribution in [2.45, 2.75) is 13.0 Å². The molecule has 2 heterocycles. The number of hydrogen-bond donors (Lipinski definition) is 1. The van der Waals surface area contributed by atoms with E-state index < -0.39 is 22.1 Å². The molecule has 2 aromatic heterocycles. The molecule has 10 nitrogen and oxygen atoms in total. The summed E-state index contributed by atoms with van der Waals surface area (Å²) in [5, 5.41) is 19.6. The Morgan fingerprint density at radius 2 is 1.95 bits per heavy atom. The fourth-order valence-corrected chi connectivity index (χ4v) is 2.02. The molecule has 1 N–H and O–H groups in total. The first-order valence-corrected chi connectivity index (χ1v) is 5.81. The van der Waals surface area contributed by atoms with Crippen LogP contribution in [0, 0.1) is 10.1 Å². The lowest BCUT2D eigenvalue weighted by atomic mass is 10.4. The largest absolute Gasteiger partial charge is 0.437 e. The van der Waals surface area contributed by atoms with E-state index in [0.29, 0.717) is 0 Å². The summed E-state index contributed by atoms with van der Waals surface area (Å²) in [4.78, 5) is 38.1. The number of nitro groups is 1. The highest BCUT2D eigenvalue weighted by Gasteiger charge is 2.26. The van der Waals surface area contributed by atoms with E-state index in [1.807, 2.05) is 0 Å². The summed E-state index contributed by atoms with van der Waals surface area (Å²) in [5.74, 6) is -0.507. The molecule has 20 heavy (non-hydrogen) atoms. The summed E-state index contributed by atoms with van der Waals surface area (Å²) >= 11 is 0. The molecule has 2 rings (SSSR count). The van der Waals surface area contributed by atoms with Crippen LogP contribution < -0.4 is 11.2 Å². The van der Waals surface area contributed by atoms with Crippen molar-refractivity contribution in [1.82, 2.24) is 18.7 Å². The quantitative estimate of drug-likeness (QED) is 0.550. The predicted octanol–water partition coefficient (Wildman–Crippen LogP) is -1.28. The van der Waals surface area contributed by atoms with Crippen molar-refractivity contribution >= 4 is 17.1 Å². The SMILES string of the molecule is Cn1c([N+](=O)[O-])nc2c1c(=O)n(CCCO)c(=O)n2C. The van der Waals surface area contributed by atoms with Crippen LogP contribution in [0.25, 0.3) is 11.2 Å². The maximum atomic E-state index is 12.2. The Balaban J connectivity index is 2.87. The number of nitrogens with zero attached hydrogens (tertiary/aromatic N) is 5. The first kappa shape index (κ1) is 13.9. The standard InChI is InChI=1S/C10H13N5O5/c1-12-6-7(11-9(12)15(19)20)13(2)10(18)14(8(6)17)4-3-5-16/h16H,3-5H2,1-2H3. The van der Waals surface area contributed by atoms with Gasteiger partial charge in [-0.05, 0) is 16.3 Å². The maximum absolute atomic E-state index is 12.2. The fourth-order valence-electron chi connectivity index (χ4n) is 2.02. The van der Waals surface area contributed by atoms with E-state index in [1.54, 1.807) is 0 Å². The summed E-state index contributed by atoms with van der Waals surface area (Å²) in [6, 6.07) is 0. The van der Waals surface area contributed by atoms with Crippen LogP contribution in [0.4, 0.5) is 5.95 Å². The van der Waals surface area contributed by atoms with Crippen LogP contribution in [0.3, 0.4) is 0 Å². The minimum atomic E-state index is -0.720. The highest BCUT2D eigenvalue weighted by molar-refractivity contribution is 5.72. The van der Waals surface area contributed by atoms with Crippen molar-refractivity contribution in [3.8, 4) is 0 Å². The molecule has 0 aromatic carbocycles. The Bertz CT molecular complexity index is 799. The zero-order valence-corrected chi connectivity index (χ0v) is 10.9. The molecule has 0 spiro atoms. The summed E-state index contributed by atoms with van der Waals surface area (Å²) in [7, 11) is 2.73. The number of aliphatic hydroxyl groups is 1. The second-order valence-electron chi connectivity index (χ2n) is 4.28. The molecule has 2 aromatic rings. The second-order valence-corrected chi connectivity index (χ2v) is 4.28. The topological polar surface area (TPSA) is 125 Å². The molecule has 0 bridgehead atoms. The Labute approximate surface area is 111 Å². The van der Waals surface area contributed by atoms with Gasteiger partial charge in [-0.1, -0.05) is 0 Å². The molecule has 10 heteroatoms. The van der Waals surface area contributed by atoms with Crippen LogP contribution in [0.2, 0.25) is 0 Å². The Morgan fingerprint density at radius 1 is 1.30 bits per heavy atom. The number of hydrogen-bond acceptors (Lipinski definition) is 6. The Morgan fingerprint density at radius 3 is 2.50 bits per heavy atom. The van der Waals surface area contributed by atoms with E-state index in [1.165, 1.54) is 14.1 Å². The van der Waals surface area contributed by atoms with E-state index in [9.17, 15) is 19.7 Å². The van der Waals surface area contributed by atoms with Gasteiger partial charge in [0.25, 0.3) is 11.2 Å². The lowest BCUT2D eigenvalue weighted by Gasteiger charge is -2.05. The predicted molar refractivity (Wildman–Crippen MR) is 68.6 cm³/mol. The van der Waals surface area contributed by atoms with Crippen molar-refractivity contribution in [2.75, 3.05) is 6.61 Å². The fraction of sp³-hybridized carbons (Fsp3) is 0.500. The van der Waals surface area contributed by atoms with Crippen molar-refractivity contribution in [3.63, 3.8) is 0 Å².